The minimum absolute atomic E-state index is 0.230. The van der Waals surface area contributed by atoms with Gasteiger partial charge in [-0.1, -0.05) is 32.0 Å². The number of imidazole rings is 1. The number of carboxylic acid groups (broad SMARTS) is 1. The van der Waals surface area contributed by atoms with E-state index in [1.165, 1.54) is 5.56 Å². The van der Waals surface area contributed by atoms with Crippen LogP contribution >= 0.6 is 0 Å². The molecule has 2 aromatic carbocycles. The smallest absolute Gasteiger partial charge is 0.335 e. The highest BCUT2D eigenvalue weighted by atomic mass is 16.4. The zero-order valence-electron chi connectivity index (χ0n) is 12.4. The van der Waals surface area contributed by atoms with E-state index in [0.717, 1.165) is 11.2 Å². The van der Waals surface area contributed by atoms with Crippen molar-refractivity contribution in [3.8, 4) is 0 Å². The first kappa shape index (κ1) is 14.1. The molecule has 0 fully saturated rings. The largest absolute Gasteiger partial charge is 0.478 e. The van der Waals surface area contributed by atoms with Crippen molar-refractivity contribution >= 4 is 28.6 Å². The zero-order valence-corrected chi connectivity index (χ0v) is 12.4. The van der Waals surface area contributed by atoms with Gasteiger partial charge in [0.05, 0.1) is 16.6 Å². The number of anilines is 2. The topological polar surface area (TPSA) is 78.0 Å². The molecule has 3 N–H and O–H groups in total. The molecule has 5 nitrogen and oxygen atoms in total. The van der Waals surface area contributed by atoms with E-state index >= 15 is 0 Å². The maximum atomic E-state index is 11.0. The molecule has 3 rings (SSSR count). The fourth-order valence-corrected chi connectivity index (χ4v) is 2.44. The minimum Gasteiger partial charge on any atom is -0.478 e. The van der Waals surface area contributed by atoms with E-state index in [0.29, 0.717) is 17.4 Å². The van der Waals surface area contributed by atoms with Gasteiger partial charge in [0.1, 0.15) is 0 Å². The van der Waals surface area contributed by atoms with Crippen LogP contribution in [0.2, 0.25) is 0 Å². The van der Waals surface area contributed by atoms with Crippen LogP contribution in [-0.2, 0) is 0 Å². The lowest BCUT2D eigenvalue weighted by molar-refractivity contribution is 0.0697. The van der Waals surface area contributed by atoms with Crippen molar-refractivity contribution in [2.75, 3.05) is 5.32 Å². The maximum Gasteiger partial charge on any atom is 0.335 e. The van der Waals surface area contributed by atoms with E-state index in [-0.39, 0.29) is 5.56 Å². The van der Waals surface area contributed by atoms with Crippen molar-refractivity contribution < 1.29 is 9.90 Å². The molecule has 0 amide bonds. The van der Waals surface area contributed by atoms with Gasteiger partial charge in [0, 0.05) is 5.69 Å². The van der Waals surface area contributed by atoms with Crippen LogP contribution in [0.15, 0.2) is 42.5 Å². The molecule has 3 aromatic rings. The molecule has 0 aliphatic carbocycles. The Kier molecular flexibility index (Phi) is 3.55. The van der Waals surface area contributed by atoms with Gasteiger partial charge in [0.2, 0.25) is 5.95 Å². The molecule has 0 saturated carbocycles. The van der Waals surface area contributed by atoms with Gasteiger partial charge in [-0.3, -0.25) is 0 Å². The number of carboxylic acids is 1. The molecule has 0 aliphatic rings. The Hall–Kier alpha value is -2.82. The molecule has 0 spiro atoms. The number of carbonyl (C=O) groups is 1. The van der Waals surface area contributed by atoms with Crippen LogP contribution in [0.5, 0.6) is 0 Å². The number of aromatic carboxylic acids is 1. The van der Waals surface area contributed by atoms with Gasteiger partial charge in [-0.15, -0.1) is 0 Å². The Morgan fingerprint density at radius 2 is 2.00 bits per heavy atom. The molecule has 0 atom stereocenters. The normalized spacial score (nSPS) is 11.0. The molecular weight excluding hydrogens is 278 g/mol. The summed E-state index contributed by atoms with van der Waals surface area (Å²) in [5.74, 6) is 0.0434. The fraction of sp³-hybridized carbons (Fsp3) is 0.176. The Balaban J connectivity index is 1.96. The highest BCUT2D eigenvalue weighted by Crippen LogP contribution is 2.27. The molecule has 0 saturated heterocycles. The van der Waals surface area contributed by atoms with E-state index < -0.39 is 5.97 Å². The summed E-state index contributed by atoms with van der Waals surface area (Å²) in [7, 11) is 0. The number of rotatable bonds is 4. The number of benzene rings is 2. The third-order valence-corrected chi connectivity index (χ3v) is 3.57. The number of H-pyrrole nitrogens is 1. The van der Waals surface area contributed by atoms with Gasteiger partial charge in [-0.2, -0.15) is 0 Å². The predicted octanol–water partition coefficient (Wildman–Crippen LogP) is 4.13. The Labute approximate surface area is 128 Å². The van der Waals surface area contributed by atoms with Crippen LogP contribution in [-0.4, -0.2) is 21.0 Å². The number of para-hydroxylation sites is 1. The lowest BCUT2D eigenvalue weighted by Gasteiger charge is -2.12. The van der Waals surface area contributed by atoms with Crippen molar-refractivity contribution in [2.45, 2.75) is 19.8 Å². The Morgan fingerprint density at radius 3 is 2.73 bits per heavy atom. The molecule has 1 heterocycles. The summed E-state index contributed by atoms with van der Waals surface area (Å²) in [5, 5.41) is 12.3. The number of hydrogen-bond donors (Lipinski definition) is 3. The Morgan fingerprint density at radius 1 is 1.23 bits per heavy atom. The first-order valence-corrected chi connectivity index (χ1v) is 7.13. The van der Waals surface area contributed by atoms with Crippen LogP contribution in [0.25, 0.3) is 11.0 Å². The van der Waals surface area contributed by atoms with Crippen LogP contribution in [0.3, 0.4) is 0 Å². The lowest BCUT2D eigenvalue weighted by atomic mass is 10.0. The van der Waals surface area contributed by atoms with Crippen molar-refractivity contribution in [1.29, 1.82) is 0 Å². The first-order chi connectivity index (χ1) is 10.5. The van der Waals surface area contributed by atoms with Gasteiger partial charge < -0.3 is 15.4 Å². The summed E-state index contributed by atoms with van der Waals surface area (Å²) in [4.78, 5) is 18.6. The van der Waals surface area contributed by atoms with E-state index in [9.17, 15) is 4.79 Å². The summed E-state index contributed by atoms with van der Waals surface area (Å²) in [6.45, 7) is 4.27. The number of nitrogens with zero attached hydrogens (tertiary/aromatic N) is 1. The molecule has 0 bridgehead atoms. The highest BCUT2D eigenvalue weighted by molar-refractivity contribution is 5.92. The second-order valence-electron chi connectivity index (χ2n) is 5.49. The monoisotopic (exact) mass is 295 g/mol. The maximum absolute atomic E-state index is 11.0. The summed E-state index contributed by atoms with van der Waals surface area (Å²) < 4.78 is 0. The molecular formula is C17H17N3O2. The van der Waals surface area contributed by atoms with E-state index in [1.54, 1.807) is 18.2 Å². The number of aromatic amines is 1. The lowest BCUT2D eigenvalue weighted by Crippen LogP contribution is -1.98. The third-order valence-electron chi connectivity index (χ3n) is 3.57. The summed E-state index contributed by atoms with van der Waals surface area (Å²) in [5.41, 5.74) is 3.86. The zero-order chi connectivity index (χ0) is 15.7. The first-order valence-electron chi connectivity index (χ1n) is 7.13. The van der Waals surface area contributed by atoms with Crippen LogP contribution in [0.1, 0.15) is 35.7 Å². The molecule has 5 heteroatoms. The van der Waals surface area contributed by atoms with Gasteiger partial charge in [-0.25, -0.2) is 9.78 Å². The summed E-state index contributed by atoms with van der Waals surface area (Å²) in [6.07, 6.45) is 0. The standard InChI is InChI=1S/C17H17N3O2/c1-10(2)12-5-3-4-6-13(12)18-17-19-14-8-7-11(16(21)22)9-15(14)20-17/h3-10H,1-2H3,(H,21,22)(H2,18,19,20). The molecule has 0 radical (unpaired) electrons. The van der Waals surface area contributed by atoms with E-state index in [2.05, 4.69) is 35.2 Å². The quantitative estimate of drug-likeness (QED) is 0.676. The average Bonchev–Trinajstić information content (AvgIpc) is 2.88. The minimum atomic E-state index is -0.954. The number of aromatic nitrogens is 2. The average molecular weight is 295 g/mol. The third kappa shape index (κ3) is 2.65. The van der Waals surface area contributed by atoms with Crippen molar-refractivity contribution in [3.63, 3.8) is 0 Å². The van der Waals surface area contributed by atoms with E-state index in [4.69, 9.17) is 5.11 Å². The summed E-state index contributed by atoms with van der Waals surface area (Å²) >= 11 is 0. The second kappa shape index (κ2) is 5.52. The highest BCUT2D eigenvalue weighted by Gasteiger charge is 2.10. The van der Waals surface area contributed by atoms with Crippen molar-refractivity contribution in [2.24, 2.45) is 0 Å². The van der Waals surface area contributed by atoms with Crippen molar-refractivity contribution in [3.05, 3.63) is 53.6 Å². The van der Waals surface area contributed by atoms with Gasteiger partial charge in [-0.05, 0) is 35.7 Å². The second-order valence-corrected chi connectivity index (χ2v) is 5.49. The van der Waals surface area contributed by atoms with Gasteiger partial charge >= 0.3 is 5.97 Å². The fourth-order valence-electron chi connectivity index (χ4n) is 2.44. The van der Waals surface area contributed by atoms with Gasteiger partial charge in [0.25, 0.3) is 0 Å². The van der Waals surface area contributed by atoms with Crippen LogP contribution in [0, 0.1) is 0 Å². The molecule has 0 unspecified atom stereocenters. The molecule has 1 aromatic heterocycles. The number of fused-ring (bicyclic) bond motifs is 1. The predicted molar refractivity (Wildman–Crippen MR) is 86.9 cm³/mol. The molecule has 22 heavy (non-hydrogen) atoms. The van der Waals surface area contributed by atoms with Gasteiger partial charge in [0.15, 0.2) is 0 Å². The number of nitrogens with one attached hydrogen (secondary N) is 2. The van der Waals surface area contributed by atoms with Crippen LogP contribution < -0.4 is 5.32 Å². The van der Waals surface area contributed by atoms with E-state index in [1.807, 2.05) is 18.2 Å². The summed E-state index contributed by atoms with van der Waals surface area (Å²) in [6, 6.07) is 12.9. The van der Waals surface area contributed by atoms with Crippen LogP contribution in [0.4, 0.5) is 11.6 Å². The molecule has 0 aliphatic heterocycles. The van der Waals surface area contributed by atoms with Crippen molar-refractivity contribution in [1.82, 2.24) is 9.97 Å². The molecule has 112 valence electrons. The number of hydrogen-bond acceptors (Lipinski definition) is 3. The Bertz CT molecular complexity index is 837. The SMILES string of the molecule is CC(C)c1ccccc1Nc1nc2cc(C(=O)O)ccc2[nH]1.